The molecular formula is C26H18BrClFN3O3. The van der Waals surface area contributed by atoms with Crippen molar-refractivity contribution in [2.24, 2.45) is 0 Å². The third-order valence-corrected chi connectivity index (χ3v) is 6.27. The summed E-state index contributed by atoms with van der Waals surface area (Å²) in [5.41, 5.74) is 0.309. The van der Waals surface area contributed by atoms with Crippen molar-refractivity contribution in [2.45, 2.75) is 13.2 Å². The summed E-state index contributed by atoms with van der Waals surface area (Å²) in [6.45, 7) is 0.277. The van der Waals surface area contributed by atoms with Gasteiger partial charge in [0.2, 0.25) is 0 Å². The van der Waals surface area contributed by atoms with E-state index in [1.807, 2.05) is 42.5 Å². The van der Waals surface area contributed by atoms with E-state index < -0.39 is 11.7 Å². The Labute approximate surface area is 213 Å². The molecule has 0 aliphatic carbocycles. The third-order valence-electron chi connectivity index (χ3n) is 5.34. The Kier molecular flexibility index (Phi) is 6.57. The van der Waals surface area contributed by atoms with Gasteiger partial charge in [0, 0.05) is 22.2 Å². The predicted molar refractivity (Wildman–Crippen MR) is 135 cm³/mol. The second kappa shape index (κ2) is 9.93. The number of fused-ring (bicyclic) bond motifs is 1. The summed E-state index contributed by atoms with van der Waals surface area (Å²) in [6.07, 6.45) is 1.63. The summed E-state index contributed by atoms with van der Waals surface area (Å²) >= 11 is 9.47. The van der Waals surface area contributed by atoms with Crippen LogP contribution >= 0.6 is 27.5 Å². The second-order valence-corrected chi connectivity index (χ2v) is 8.97. The molecule has 176 valence electrons. The highest BCUT2D eigenvalue weighted by Gasteiger charge is 2.17. The van der Waals surface area contributed by atoms with Gasteiger partial charge in [-0.25, -0.2) is 4.39 Å². The highest BCUT2D eigenvalue weighted by atomic mass is 79.9. The number of benzene rings is 3. The van der Waals surface area contributed by atoms with Crippen molar-refractivity contribution in [1.82, 2.24) is 9.78 Å². The standard InChI is InChI=1S/C26H18BrClFN3O3/c27-20-14-32(13-19-21(28)8-4-9-22(19)29)31-25(20)30-26(33)24-12-11-17(35-24)15-34-23-10-3-6-16-5-1-2-7-18(16)23/h1-12,14H,13,15H2,(H,30,31,33). The van der Waals surface area contributed by atoms with Crippen LogP contribution in [0, 0.1) is 5.82 Å². The summed E-state index contributed by atoms with van der Waals surface area (Å²) in [6, 6.07) is 21.5. The van der Waals surface area contributed by atoms with Crippen LogP contribution in [0.3, 0.4) is 0 Å². The van der Waals surface area contributed by atoms with Crippen molar-refractivity contribution in [3.8, 4) is 5.75 Å². The molecule has 0 bridgehead atoms. The summed E-state index contributed by atoms with van der Waals surface area (Å²) in [5, 5.41) is 9.38. The number of rotatable bonds is 7. The van der Waals surface area contributed by atoms with E-state index in [1.54, 1.807) is 24.4 Å². The highest BCUT2D eigenvalue weighted by molar-refractivity contribution is 9.10. The monoisotopic (exact) mass is 553 g/mol. The zero-order chi connectivity index (χ0) is 24.4. The van der Waals surface area contributed by atoms with Gasteiger partial charge in [0.25, 0.3) is 5.91 Å². The normalized spacial score (nSPS) is 11.1. The minimum atomic E-state index is -0.476. The van der Waals surface area contributed by atoms with Gasteiger partial charge in [0.1, 0.15) is 23.9 Å². The number of nitrogens with one attached hydrogen (secondary N) is 1. The van der Waals surface area contributed by atoms with Crippen LogP contribution in [0.15, 0.2) is 87.9 Å². The fourth-order valence-corrected chi connectivity index (χ4v) is 4.26. The van der Waals surface area contributed by atoms with Crippen LogP contribution in [-0.4, -0.2) is 15.7 Å². The first-order chi connectivity index (χ1) is 17.0. The molecule has 0 saturated carbocycles. The molecule has 0 spiro atoms. The van der Waals surface area contributed by atoms with Gasteiger partial charge in [-0.2, -0.15) is 5.10 Å². The van der Waals surface area contributed by atoms with Crippen molar-refractivity contribution in [3.05, 3.63) is 111 Å². The maximum Gasteiger partial charge on any atom is 0.292 e. The number of carbonyl (C=O) groups excluding carboxylic acids is 1. The summed E-state index contributed by atoms with van der Waals surface area (Å²) in [5.74, 6) is 0.712. The van der Waals surface area contributed by atoms with Crippen LogP contribution in [0.5, 0.6) is 5.75 Å². The highest BCUT2D eigenvalue weighted by Crippen LogP contribution is 2.27. The van der Waals surface area contributed by atoms with Crippen molar-refractivity contribution in [1.29, 1.82) is 0 Å². The van der Waals surface area contributed by atoms with Crippen LogP contribution < -0.4 is 10.1 Å². The largest absolute Gasteiger partial charge is 0.485 e. The first kappa shape index (κ1) is 23.1. The SMILES string of the molecule is O=C(Nc1nn(Cc2c(F)cccc2Cl)cc1Br)c1ccc(COc2cccc3ccccc23)o1. The number of nitrogens with zero attached hydrogens (tertiary/aromatic N) is 2. The molecule has 5 aromatic rings. The zero-order valence-corrected chi connectivity index (χ0v) is 20.5. The maximum absolute atomic E-state index is 14.1. The van der Waals surface area contributed by atoms with Gasteiger partial charge in [-0.3, -0.25) is 9.48 Å². The van der Waals surface area contributed by atoms with Gasteiger partial charge in [-0.1, -0.05) is 54.1 Å². The molecule has 0 saturated heterocycles. The van der Waals surface area contributed by atoms with Gasteiger partial charge in [0.15, 0.2) is 11.6 Å². The Balaban J connectivity index is 1.25. The predicted octanol–water partition coefficient (Wildman–Crippen LogP) is 7.06. The van der Waals surface area contributed by atoms with Crippen LogP contribution in [0.4, 0.5) is 10.2 Å². The lowest BCUT2D eigenvalue weighted by atomic mass is 10.1. The Morgan fingerprint density at radius 2 is 1.89 bits per heavy atom. The number of aromatic nitrogens is 2. The van der Waals surface area contributed by atoms with Crippen molar-refractivity contribution < 1.29 is 18.3 Å². The topological polar surface area (TPSA) is 69.3 Å². The van der Waals surface area contributed by atoms with Gasteiger partial charge in [0.05, 0.1) is 11.0 Å². The van der Waals surface area contributed by atoms with Gasteiger partial charge < -0.3 is 14.5 Å². The number of anilines is 1. The fourth-order valence-electron chi connectivity index (χ4n) is 3.63. The first-order valence-electron chi connectivity index (χ1n) is 10.6. The summed E-state index contributed by atoms with van der Waals surface area (Å²) in [4.78, 5) is 12.7. The van der Waals surface area contributed by atoms with E-state index in [1.165, 1.54) is 16.8 Å². The van der Waals surface area contributed by atoms with Crippen molar-refractivity contribution >= 4 is 50.0 Å². The maximum atomic E-state index is 14.1. The van der Waals surface area contributed by atoms with E-state index in [-0.39, 0.29) is 24.7 Å². The van der Waals surface area contributed by atoms with Gasteiger partial charge in [-0.15, -0.1) is 0 Å². The molecule has 2 aromatic heterocycles. The van der Waals surface area contributed by atoms with Crippen LogP contribution in [0.25, 0.3) is 10.8 Å². The number of hydrogen-bond acceptors (Lipinski definition) is 4. The number of halogens is 3. The van der Waals surface area contributed by atoms with Gasteiger partial charge in [-0.05, 0) is 51.6 Å². The van der Waals surface area contributed by atoms with Crippen LogP contribution in [0.1, 0.15) is 21.9 Å². The minimum absolute atomic E-state index is 0.108. The Bertz CT molecular complexity index is 1510. The Morgan fingerprint density at radius 3 is 2.74 bits per heavy atom. The average Bonchev–Trinajstić information content (AvgIpc) is 3.47. The van der Waals surface area contributed by atoms with E-state index in [0.29, 0.717) is 20.8 Å². The van der Waals surface area contributed by atoms with Crippen LogP contribution in [0.2, 0.25) is 5.02 Å². The molecule has 6 nitrogen and oxygen atoms in total. The lowest BCUT2D eigenvalue weighted by Crippen LogP contribution is -2.12. The van der Waals surface area contributed by atoms with E-state index in [4.69, 9.17) is 20.8 Å². The number of furan rings is 1. The molecule has 9 heteroatoms. The molecule has 0 unspecified atom stereocenters. The third kappa shape index (κ3) is 5.08. The summed E-state index contributed by atoms with van der Waals surface area (Å²) in [7, 11) is 0. The van der Waals surface area contributed by atoms with E-state index in [0.717, 1.165) is 16.5 Å². The molecule has 5 rings (SSSR count). The molecule has 1 N–H and O–H groups in total. The number of carbonyl (C=O) groups is 1. The van der Waals surface area contributed by atoms with Crippen LogP contribution in [-0.2, 0) is 13.2 Å². The lowest BCUT2D eigenvalue weighted by molar-refractivity contribution is 0.0992. The fraction of sp³-hybridized carbons (Fsp3) is 0.0769. The molecule has 0 radical (unpaired) electrons. The van der Waals surface area contributed by atoms with Gasteiger partial charge >= 0.3 is 0 Å². The number of ether oxygens (including phenoxy) is 1. The van der Waals surface area contributed by atoms with Crippen molar-refractivity contribution in [3.63, 3.8) is 0 Å². The minimum Gasteiger partial charge on any atom is -0.485 e. The molecule has 0 atom stereocenters. The smallest absolute Gasteiger partial charge is 0.292 e. The molecular weight excluding hydrogens is 537 g/mol. The zero-order valence-electron chi connectivity index (χ0n) is 18.2. The molecule has 0 aliphatic heterocycles. The molecule has 35 heavy (non-hydrogen) atoms. The molecule has 0 fully saturated rings. The van der Waals surface area contributed by atoms with E-state index in [2.05, 4.69) is 26.3 Å². The van der Waals surface area contributed by atoms with E-state index >= 15 is 0 Å². The van der Waals surface area contributed by atoms with E-state index in [9.17, 15) is 9.18 Å². The summed E-state index contributed by atoms with van der Waals surface area (Å²) < 4.78 is 27.7. The first-order valence-corrected chi connectivity index (χ1v) is 11.8. The molecule has 3 aromatic carbocycles. The van der Waals surface area contributed by atoms with Crippen molar-refractivity contribution in [2.75, 3.05) is 5.32 Å². The Hall–Kier alpha value is -3.62. The lowest BCUT2D eigenvalue weighted by Gasteiger charge is -2.08. The number of amides is 1. The second-order valence-electron chi connectivity index (χ2n) is 7.71. The molecule has 2 heterocycles. The quantitative estimate of drug-likeness (QED) is 0.234. The molecule has 0 aliphatic rings. The Morgan fingerprint density at radius 1 is 1.09 bits per heavy atom. The number of hydrogen-bond donors (Lipinski definition) is 1. The average molecular weight is 555 g/mol. The molecule has 1 amide bonds.